The van der Waals surface area contributed by atoms with Crippen molar-refractivity contribution in [3.8, 4) is 5.75 Å². The number of nitrogens with zero attached hydrogens (tertiary/aromatic N) is 2. The van der Waals surface area contributed by atoms with Gasteiger partial charge in [0.25, 0.3) is 0 Å². The molecule has 4 nitrogen and oxygen atoms in total. The summed E-state index contributed by atoms with van der Waals surface area (Å²) in [7, 11) is 3.26. The normalized spacial score (nSPS) is 18.3. The summed E-state index contributed by atoms with van der Waals surface area (Å²) in [5.74, 6) is 1.94. The predicted molar refractivity (Wildman–Crippen MR) is 107 cm³/mol. The molecule has 0 radical (unpaired) electrons. The van der Waals surface area contributed by atoms with Crippen molar-refractivity contribution in [1.29, 1.82) is 0 Å². The number of guanidine groups is 1. The second kappa shape index (κ2) is 10.2. The maximum Gasteiger partial charge on any atom is 0.193 e. The first-order chi connectivity index (χ1) is 10.7. The molecule has 1 saturated heterocycles. The number of nitrogens with one attached hydrogen (secondary N) is 1. The maximum absolute atomic E-state index is 13.7. The molecule has 2 rings (SSSR count). The predicted octanol–water partition coefficient (Wildman–Crippen LogP) is 3.36. The van der Waals surface area contributed by atoms with Gasteiger partial charge in [-0.25, -0.2) is 4.39 Å². The Hall–Kier alpha value is -0.700. The summed E-state index contributed by atoms with van der Waals surface area (Å²) in [5.41, 5.74) is 0.873. The summed E-state index contributed by atoms with van der Waals surface area (Å²) >= 11 is 2.03. The van der Waals surface area contributed by atoms with Gasteiger partial charge in [-0.2, -0.15) is 11.8 Å². The fourth-order valence-electron chi connectivity index (χ4n) is 2.49. The van der Waals surface area contributed by atoms with E-state index in [4.69, 9.17) is 4.74 Å². The van der Waals surface area contributed by atoms with Crippen LogP contribution < -0.4 is 10.1 Å². The highest BCUT2D eigenvalue weighted by molar-refractivity contribution is 14.0. The third-order valence-corrected chi connectivity index (χ3v) is 5.14. The van der Waals surface area contributed by atoms with Crippen LogP contribution in [0.5, 0.6) is 5.75 Å². The van der Waals surface area contributed by atoms with Crippen molar-refractivity contribution in [1.82, 2.24) is 10.2 Å². The lowest BCUT2D eigenvalue weighted by molar-refractivity contribution is 0.386. The molecule has 0 spiro atoms. The number of halogens is 2. The van der Waals surface area contributed by atoms with Crippen molar-refractivity contribution in [2.45, 2.75) is 25.1 Å². The molecular formula is C16H25FIN3OS. The molecule has 0 bridgehead atoms. The first kappa shape index (κ1) is 20.3. The number of rotatable bonds is 4. The highest BCUT2D eigenvalue weighted by Gasteiger charge is 2.21. The molecule has 0 amide bonds. The standard InChI is InChI=1S/C16H24FN3OS.HI/c1-4-13-11-20(7-8-22-13)16(18-2)19-10-12-5-6-15(21-3)14(17)9-12;/h5-6,9,13H,4,7-8,10-11H2,1-3H3,(H,18,19);1H. The molecule has 0 aliphatic carbocycles. The quantitative estimate of drug-likeness (QED) is 0.431. The number of thioether (sulfide) groups is 1. The molecule has 130 valence electrons. The highest BCUT2D eigenvalue weighted by atomic mass is 127. The van der Waals surface area contributed by atoms with Crippen molar-refractivity contribution >= 4 is 41.7 Å². The Morgan fingerprint density at radius 1 is 1.52 bits per heavy atom. The lowest BCUT2D eigenvalue weighted by Gasteiger charge is -2.34. The van der Waals surface area contributed by atoms with Crippen LogP contribution >= 0.6 is 35.7 Å². The third-order valence-electron chi connectivity index (χ3n) is 3.77. The molecule has 1 fully saturated rings. The molecule has 7 heteroatoms. The van der Waals surface area contributed by atoms with E-state index in [1.807, 2.05) is 17.8 Å². The Morgan fingerprint density at radius 3 is 2.91 bits per heavy atom. The smallest absolute Gasteiger partial charge is 0.193 e. The fourth-order valence-corrected chi connectivity index (χ4v) is 3.67. The van der Waals surface area contributed by atoms with Gasteiger partial charge in [0.05, 0.1) is 7.11 Å². The van der Waals surface area contributed by atoms with Gasteiger partial charge in [0, 0.05) is 37.7 Å². The Morgan fingerprint density at radius 2 is 2.30 bits per heavy atom. The van der Waals surface area contributed by atoms with E-state index in [0.717, 1.165) is 30.4 Å². The second-order valence-electron chi connectivity index (χ2n) is 5.22. The van der Waals surface area contributed by atoms with Crippen molar-refractivity contribution in [2.75, 3.05) is 33.0 Å². The van der Waals surface area contributed by atoms with Crippen LogP contribution in [0.4, 0.5) is 4.39 Å². The molecule has 1 unspecified atom stereocenters. The van der Waals surface area contributed by atoms with Gasteiger partial charge in [-0.1, -0.05) is 13.0 Å². The minimum absolute atomic E-state index is 0. The van der Waals surface area contributed by atoms with Crippen LogP contribution in [0.1, 0.15) is 18.9 Å². The zero-order valence-electron chi connectivity index (χ0n) is 13.8. The van der Waals surface area contributed by atoms with E-state index < -0.39 is 0 Å². The van der Waals surface area contributed by atoms with E-state index >= 15 is 0 Å². The molecule has 1 aromatic carbocycles. The Labute approximate surface area is 159 Å². The van der Waals surface area contributed by atoms with Gasteiger partial charge in [0.1, 0.15) is 0 Å². The molecule has 1 atom stereocenters. The lowest BCUT2D eigenvalue weighted by atomic mass is 10.2. The van der Waals surface area contributed by atoms with E-state index in [1.54, 1.807) is 13.1 Å². The van der Waals surface area contributed by atoms with Crippen molar-refractivity contribution in [3.63, 3.8) is 0 Å². The number of ether oxygens (including phenoxy) is 1. The number of aliphatic imine (C=N–C) groups is 1. The monoisotopic (exact) mass is 453 g/mol. The summed E-state index contributed by atoms with van der Waals surface area (Å²) < 4.78 is 18.6. The van der Waals surface area contributed by atoms with Crippen LogP contribution in [0, 0.1) is 5.82 Å². The van der Waals surface area contributed by atoms with Gasteiger partial charge in [-0.05, 0) is 24.1 Å². The zero-order chi connectivity index (χ0) is 15.9. The molecule has 1 heterocycles. The SMILES string of the molecule is CCC1CN(C(=NC)NCc2ccc(OC)c(F)c2)CCS1.I. The number of methoxy groups -OCH3 is 1. The summed E-state index contributed by atoms with van der Waals surface area (Å²) in [5, 5.41) is 3.98. The average molecular weight is 453 g/mol. The summed E-state index contributed by atoms with van der Waals surface area (Å²) in [4.78, 5) is 6.64. The van der Waals surface area contributed by atoms with Gasteiger partial charge >= 0.3 is 0 Å². The molecule has 1 aromatic rings. The summed E-state index contributed by atoms with van der Waals surface area (Å²) in [6.45, 7) is 4.78. The fraction of sp³-hybridized carbons (Fsp3) is 0.562. The minimum atomic E-state index is -0.336. The van der Waals surface area contributed by atoms with E-state index in [1.165, 1.54) is 19.6 Å². The first-order valence-electron chi connectivity index (χ1n) is 7.57. The van der Waals surface area contributed by atoms with E-state index in [-0.39, 0.29) is 35.5 Å². The van der Waals surface area contributed by atoms with Crippen LogP contribution in [0.25, 0.3) is 0 Å². The molecule has 0 aromatic heterocycles. The van der Waals surface area contributed by atoms with E-state index in [2.05, 4.69) is 22.1 Å². The largest absolute Gasteiger partial charge is 0.494 e. The van der Waals surface area contributed by atoms with Gasteiger partial charge < -0.3 is 15.0 Å². The van der Waals surface area contributed by atoms with E-state index in [9.17, 15) is 4.39 Å². The number of benzene rings is 1. The molecular weight excluding hydrogens is 428 g/mol. The molecule has 23 heavy (non-hydrogen) atoms. The first-order valence-corrected chi connectivity index (χ1v) is 8.62. The Bertz CT molecular complexity index is 530. The zero-order valence-corrected chi connectivity index (χ0v) is 17.0. The van der Waals surface area contributed by atoms with Crippen LogP contribution in [0.2, 0.25) is 0 Å². The minimum Gasteiger partial charge on any atom is -0.494 e. The van der Waals surface area contributed by atoms with Crippen molar-refractivity contribution < 1.29 is 9.13 Å². The van der Waals surface area contributed by atoms with Gasteiger partial charge in [0.15, 0.2) is 17.5 Å². The molecule has 0 saturated carbocycles. The highest BCUT2D eigenvalue weighted by Crippen LogP contribution is 2.21. The molecule has 1 N–H and O–H groups in total. The van der Waals surface area contributed by atoms with Crippen molar-refractivity contribution in [2.24, 2.45) is 4.99 Å². The average Bonchev–Trinajstić information content (AvgIpc) is 2.56. The van der Waals surface area contributed by atoms with Gasteiger partial charge in [-0.15, -0.1) is 24.0 Å². The van der Waals surface area contributed by atoms with Crippen LogP contribution in [-0.2, 0) is 6.54 Å². The van der Waals surface area contributed by atoms with Crippen molar-refractivity contribution in [3.05, 3.63) is 29.6 Å². The lowest BCUT2D eigenvalue weighted by Crippen LogP contribution is -2.47. The number of hydrogen-bond donors (Lipinski definition) is 1. The van der Waals surface area contributed by atoms with Crippen LogP contribution in [-0.4, -0.2) is 49.1 Å². The van der Waals surface area contributed by atoms with E-state index in [0.29, 0.717) is 11.8 Å². The van der Waals surface area contributed by atoms with Crippen LogP contribution in [0.15, 0.2) is 23.2 Å². The van der Waals surface area contributed by atoms with Crippen LogP contribution in [0.3, 0.4) is 0 Å². The number of hydrogen-bond acceptors (Lipinski definition) is 3. The second-order valence-corrected chi connectivity index (χ2v) is 6.62. The molecule has 1 aliphatic rings. The molecule has 1 aliphatic heterocycles. The summed E-state index contributed by atoms with van der Waals surface area (Å²) in [6, 6.07) is 5.02. The van der Waals surface area contributed by atoms with Gasteiger partial charge in [-0.3, -0.25) is 4.99 Å². The Kier molecular flexibility index (Phi) is 9.04. The Balaban J connectivity index is 0.00000264. The maximum atomic E-state index is 13.7. The summed E-state index contributed by atoms with van der Waals surface area (Å²) in [6.07, 6.45) is 1.17. The topological polar surface area (TPSA) is 36.9 Å². The third kappa shape index (κ3) is 5.70. The van der Waals surface area contributed by atoms with Gasteiger partial charge in [0.2, 0.25) is 0 Å².